The number of carbonyl (C=O) groups excluding carboxylic acids is 2. The first-order valence-corrected chi connectivity index (χ1v) is 8.33. The molecule has 132 valence electrons. The number of nitrogens with one attached hydrogen (secondary N) is 2. The molecule has 2 rings (SSSR count). The predicted octanol–water partition coefficient (Wildman–Crippen LogP) is 3.56. The summed E-state index contributed by atoms with van der Waals surface area (Å²) in [5.41, 5.74) is 3.37. The maximum Gasteiger partial charge on any atom is 0.253 e. The molecule has 5 nitrogen and oxygen atoms in total. The smallest absolute Gasteiger partial charge is 0.253 e. The Bertz CT molecular complexity index is 737. The van der Waals surface area contributed by atoms with Gasteiger partial charge in [-0.15, -0.1) is 0 Å². The van der Waals surface area contributed by atoms with E-state index in [1.54, 1.807) is 38.4 Å². The van der Waals surface area contributed by atoms with Gasteiger partial charge in [-0.2, -0.15) is 0 Å². The molecule has 0 saturated heterocycles. The molecule has 25 heavy (non-hydrogen) atoms. The molecule has 2 N–H and O–H groups in total. The third-order valence-electron chi connectivity index (χ3n) is 3.85. The summed E-state index contributed by atoms with van der Waals surface area (Å²) in [6, 6.07) is 14.9. The quantitative estimate of drug-likeness (QED) is 0.846. The van der Waals surface area contributed by atoms with E-state index in [2.05, 4.69) is 24.5 Å². The van der Waals surface area contributed by atoms with Crippen molar-refractivity contribution < 1.29 is 9.59 Å². The Morgan fingerprint density at radius 2 is 1.64 bits per heavy atom. The second-order valence-electron chi connectivity index (χ2n) is 6.42. The fraction of sp³-hybridized carbons (Fsp3) is 0.300. The van der Waals surface area contributed by atoms with E-state index in [1.165, 1.54) is 4.90 Å². The Morgan fingerprint density at radius 3 is 2.24 bits per heavy atom. The van der Waals surface area contributed by atoms with E-state index in [1.807, 2.05) is 24.3 Å². The molecule has 0 saturated carbocycles. The zero-order chi connectivity index (χ0) is 18.4. The summed E-state index contributed by atoms with van der Waals surface area (Å²) >= 11 is 0. The molecule has 0 aliphatic rings. The normalized spacial score (nSPS) is 10.4. The predicted molar refractivity (Wildman–Crippen MR) is 102 cm³/mol. The Balaban J connectivity index is 1.93. The lowest BCUT2D eigenvalue weighted by atomic mass is 10.0. The summed E-state index contributed by atoms with van der Waals surface area (Å²) in [5.74, 6) is 0.183. The monoisotopic (exact) mass is 339 g/mol. The van der Waals surface area contributed by atoms with Gasteiger partial charge in [-0.25, -0.2) is 0 Å². The standard InChI is InChI=1S/C20H25N3O2/c1-14(2)17-7-5-6-8-18(17)22-19(24)13-21-16-11-9-15(10-12-16)20(25)23(3)4/h5-12,14,21H,13H2,1-4H3,(H,22,24). The van der Waals surface area contributed by atoms with Crippen LogP contribution in [0.4, 0.5) is 11.4 Å². The van der Waals surface area contributed by atoms with Gasteiger partial charge in [-0.1, -0.05) is 32.0 Å². The number of amides is 2. The van der Waals surface area contributed by atoms with Crippen LogP contribution in [0.5, 0.6) is 0 Å². The molecule has 0 heterocycles. The second kappa shape index (κ2) is 8.33. The van der Waals surface area contributed by atoms with Crippen molar-refractivity contribution in [3.05, 3.63) is 59.7 Å². The fourth-order valence-electron chi connectivity index (χ4n) is 2.48. The molecule has 0 radical (unpaired) electrons. The number of benzene rings is 2. The molecule has 2 aromatic carbocycles. The molecule has 0 aromatic heterocycles. The van der Waals surface area contributed by atoms with Crippen molar-refractivity contribution in [3.8, 4) is 0 Å². The van der Waals surface area contributed by atoms with E-state index in [4.69, 9.17) is 0 Å². The minimum absolute atomic E-state index is 0.0467. The second-order valence-corrected chi connectivity index (χ2v) is 6.42. The fourth-order valence-corrected chi connectivity index (χ4v) is 2.48. The summed E-state index contributed by atoms with van der Waals surface area (Å²) in [6.45, 7) is 4.35. The van der Waals surface area contributed by atoms with Gasteiger partial charge in [0.1, 0.15) is 0 Å². The van der Waals surface area contributed by atoms with Gasteiger partial charge < -0.3 is 15.5 Å². The minimum Gasteiger partial charge on any atom is -0.376 e. The highest BCUT2D eigenvalue weighted by molar-refractivity contribution is 5.95. The average Bonchev–Trinajstić information content (AvgIpc) is 2.60. The first-order chi connectivity index (χ1) is 11.9. The van der Waals surface area contributed by atoms with Crippen molar-refractivity contribution in [2.45, 2.75) is 19.8 Å². The summed E-state index contributed by atoms with van der Waals surface area (Å²) in [7, 11) is 3.43. The van der Waals surface area contributed by atoms with Crippen molar-refractivity contribution >= 4 is 23.2 Å². The number of nitrogens with zero attached hydrogens (tertiary/aromatic N) is 1. The van der Waals surface area contributed by atoms with Gasteiger partial charge in [0.25, 0.3) is 5.91 Å². The van der Waals surface area contributed by atoms with Crippen molar-refractivity contribution in [3.63, 3.8) is 0 Å². The van der Waals surface area contributed by atoms with Crippen molar-refractivity contribution in [2.24, 2.45) is 0 Å². The Morgan fingerprint density at radius 1 is 1.00 bits per heavy atom. The van der Waals surface area contributed by atoms with E-state index >= 15 is 0 Å². The third kappa shape index (κ3) is 5.08. The van der Waals surface area contributed by atoms with Gasteiger partial charge in [0.15, 0.2) is 0 Å². The SMILES string of the molecule is CC(C)c1ccccc1NC(=O)CNc1ccc(C(=O)N(C)C)cc1. The highest BCUT2D eigenvalue weighted by Gasteiger charge is 2.10. The van der Waals surface area contributed by atoms with Crippen LogP contribution in [-0.2, 0) is 4.79 Å². The molecule has 0 spiro atoms. The number of anilines is 2. The lowest BCUT2D eigenvalue weighted by Gasteiger charge is -2.14. The number of carbonyl (C=O) groups is 2. The van der Waals surface area contributed by atoms with Crippen LogP contribution < -0.4 is 10.6 Å². The van der Waals surface area contributed by atoms with Crippen LogP contribution in [0, 0.1) is 0 Å². The zero-order valence-electron chi connectivity index (χ0n) is 15.2. The van der Waals surface area contributed by atoms with E-state index in [0.29, 0.717) is 11.5 Å². The summed E-state index contributed by atoms with van der Waals surface area (Å²) in [6.07, 6.45) is 0. The Labute approximate surface area is 149 Å². The van der Waals surface area contributed by atoms with Crippen LogP contribution in [0.2, 0.25) is 0 Å². The van der Waals surface area contributed by atoms with E-state index in [0.717, 1.165) is 16.9 Å². The molecule has 0 aliphatic heterocycles. The number of hydrogen-bond acceptors (Lipinski definition) is 3. The van der Waals surface area contributed by atoms with Gasteiger partial charge in [0.2, 0.25) is 5.91 Å². The molecular weight excluding hydrogens is 314 g/mol. The van der Waals surface area contributed by atoms with Crippen molar-refractivity contribution in [2.75, 3.05) is 31.3 Å². The number of hydrogen-bond donors (Lipinski definition) is 2. The summed E-state index contributed by atoms with van der Waals surface area (Å²) in [5, 5.41) is 6.02. The maximum absolute atomic E-state index is 12.2. The van der Waals surface area contributed by atoms with Crippen LogP contribution in [0.3, 0.4) is 0 Å². The van der Waals surface area contributed by atoms with Gasteiger partial charge in [0.05, 0.1) is 6.54 Å². The van der Waals surface area contributed by atoms with Crippen LogP contribution in [0.25, 0.3) is 0 Å². The van der Waals surface area contributed by atoms with Gasteiger partial charge in [-0.3, -0.25) is 9.59 Å². The molecule has 2 aromatic rings. The van der Waals surface area contributed by atoms with Crippen LogP contribution in [0.15, 0.2) is 48.5 Å². The van der Waals surface area contributed by atoms with Crippen molar-refractivity contribution in [1.29, 1.82) is 0 Å². The van der Waals surface area contributed by atoms with Gasteiger partial charge in [-0.05, 0) is 41.8 Å². The lowest BCUT2D eigenvalue weighted by Crippen LogP contribution is -2.23. The van der Waals surface area contributed by atoms with E-state index < -0.39 is 0 Å². The van der Waals surface area contributed by atoms with E-state index in [-0.39, 0.29) is 18.4 Å². The highest BCUT2D eigenvalue weighted by Crippen LogP contribution is 2.23. The molecule has 5 heteroatoms. The van der Waals surface area contributed by atoms with Crippen LogP contribution in [0.1, 0.15) is 35.7 Å². The summed E-state index contributed by atoms with van der Waals surface area (Å²) < 4.78 is 0. The number of rotatable bonds is 6. The Hall–Kier alpha value is -2.82. The largest absolute Gasteiger partial charge is 0.376 e. The van der Waals surface area contributed by atoms with Crippen molar-refractivity contribution in [1.82, 2.24) is 4.90 Å². The summed E-state index contributed by atoms with van der Waals surface area (Å²) in [4.78, 5) is 25.6. The highest BCUT2D eigenvalue weighted by atomic mass is 16.2. The molecule has 2 amide bonds. The van der Waals surface area contributed by atoms with Gasteiger partial charge in [0, 0.05) is 31.0 Å². The topological polar surface area (TPSA) is 61.4 Å². The first kappa shape index (κ1) is 18.5. The molecular formula is C20H25N3O2. The molecule has 0 atom stereocenters. The zero-order valence-corrected chi connectivity index (χ0v) is 15.2. The van der Waals surface area contributed by atoms with Crippen LogP contribution in [-0.4, -0.2) is 37.4 Å². The van der Waals surface area contributed by atoms with E-state index in [9.17, 15) is 9.59 Å². The minimum atomic E-state index is -0.110. The molecule has 0 bridgehead atoms. The number of para-hydroxylation sites is 1. The molecule has 0 aliphatic carbocycles. The first-order valence-electron chi connectivity index (χ1n) is 8.33. The lowest BCUT2D eigenvalue weighted by molar-refractivity contribution is -0.114. The maximum atomic E-state index is 12.2. The van der Waals surface area contributed by atoms with Crippen LogP contribution >= 0.6 is 0 Å². The van der Waals surface area contributed by atoms with Gasteiger partial charge >= 0.3 is 0 Å². The third-order valence-corrected chi connectivity index (χ3v) is 3.85. The molecule has 0 fully saturated rings. The molecule has 0 unspecified atom stereocenters. The Kier molecular flexibility index (Phi) is 6.17. The average molecular weight is 339 g/mol.